The highest BCUT2D eigenvalue weighted by Gasteiger charge is 2.42. The molecule has 0 aromatic carbocycles. The van der Waals surface area contributed by atoms with E-state index in [1.165, 1.54) is 16.9 Å². The lowest BCUT2D eigenvalue weighted by Crippen LogP contribution is -2.46. The molecule has 1 spiro atoms. The molecule has 10 heteroatoms. The van der Waals surface area contributed by atoms with E-state index in [-0.39, 0.29) is 6.10 Å². The third kappa shape index (κ3) is 5.07. The van der Waals surface area contributed by atoms with Crippen molar-refractivity contribution in [1.82, 2.24) is 29.8 Å². The van der Waals surface area contributed by atoms with Crippen LogP contribution in [0.3, 0.4) is 0 Å². The summed E-state index contributed by atoms with van der Waals surface area (Å²) in [4.78, 5) is 26.0. The molecular weight excluding hydrogens is 474 g/mol. The zero-order chi connectivity index (χ0) is 24.5. The van der Waals surface area contributed by atoms with Crippen molar-refractivity contribution in [3.05, 3.63) is 36.4 Å². The number of anilines is 2. The lowest BCUT2D eigenvalue weighted by Gasteiger charge is -2.45. The van der Waals surface area contributed by atoms with Crippen molar-refractivity contribution in [3.63, 3.8) is 0 Å². The molecule has 9 nitrogen and oxygen atoms in total. The largest absolute Gasteiger partial charge is 0.460 e. The van der Waals surface area contributed by atoms with Crippen LogP contribution in [0.4, 0.5) is 11.1 Å². The molecule has 1 N–H and O–H groups in total. The highest BCUT2D eigenvalue weighted by atomic mass is 32.1. The first-order valence-electron chi connectivity index (χ1n) is 12.9. The van der Waals surface area contributed by atoms with Crippen molar-refractivity contribution in [3.8, 4) is 16.6 Å². The molecule has 6 rings (SSSR count). The Morgan fingerprint density at radius 2 is 1.89 bits per heavy atom. The Morgan fingerprint density at radius 1 is 1.08 bits per heavy atom. The minimum atomic E-state index is 0.169. The number of hydrogen-bond donors (Lipinski definition) is 1. The van der Waals surface area contributed by atoms with Crippen LogP contribution in [0, 0.1) is 5.41 Å². The fraction of sp³-hybridized carbons (Fsp3) is 0.577. The van der Waals surface area contributed by atoms with Gasteiger partial charge in [0.2, 0.25) is 5.95 Å². The van der Waals surface area contributed by atoms with Gasteiger partial charge in [0.15, 0.2) is 5.13 Å². The number of nitrogens with one attached hydrogen (secondary N) is 1. The van der Waals surface area contributed by atoms with Crippen molar-refractivity contribution >= 4 is 22.4 Å². The second kappa shape index (κ2) is 9.99. The molecule has 2 saturated heterocycles. The monoisotopic (exact) mass is 507 g/mol. The van der Waals surface area contributed by atoms with Crippen LogP contribution in [-0.2, 0) is 4.74 Å². The number of ether oxygens (including phenoxy) is 2. The summed E-state index contributed by atoms with van der Waals surface area (Å²) in [6.45, 7) is 5.20. The molecular formula is C26H33N7O2S. The van der Waals surface area contributed by atoms with Gasteiger partial charge in [0.05, 0.1) is 23.8 Å². The molecule has 0 amide bonds. The molecule has 0 radical (unpaired) electrons. The Balaban J connectivity index is 1.06. The molecule has 3 aliphatic rings. The maximum absolute atomic E-state index is 6.14. The molecule has 3 aromatic heterocycles. The lowest BCUT2D eigenvalue weighted by atomic mass is 9.72. The normalized spacial score (nSPS) is 24.4. The SMILES string of the molecule is C[C@@H]1C[C@@H](c2cnc(Nc3ncc(-c4ccnc(OC5CCC6(CC5)COC6)n4)s3)nc2)CCN1C. The number of thiazole rings is 1. The van der Waals surface area contributed by atoms with Gasteiger partial charge in [-0.2, -0.15) is 4.98 Å². The maximum atomic E-state index is 6.14. The Hall–Kier alpha value is -2.69. The Morgan fingerprint density at radius 3 is 2.61 bits per heavy atom. The van der Waals surface area contributed by atoms with Gasteiger partial charge in [-0.25, -0.2) is 19.9 Å². The number of nitrogens with zero attached hydrogens (tertiary/aromatic N) is 6. The predicted molar refractivity (Wildman–Crippen MR) is 139 cm³/mol. The van der Waals surface area contributed by atoms with Crippen molar-refractivity contribution in [2.75, 3.05) is 32.1 Å². The van der Waals surface area contributed by atoms with Gasteiger partial charge in [-0.3, -0.25) is 0 Å². The summed E-state index contributed by atoms with van der Waals surface area (Å²) in [7, 11) is 2.19. The van der Waals surface area contributed by atoms with E-state index in [1.54, 1.807) is 6.20 Å². The molecule has 190 valence electrons. The predicted octanol–water partition coefficient (Wildman–Crippen LogP) is 4.67. The quantitative estimate of drug-likeness (QED) is 0.510. The highest BCUT2D eigenvalue weighted by molar-refractivity contribution is 7.18. The van der Waals surface area contributed by atoms with Crippen LogP contribution in [0.25, 0.3) is 10.6 Å². The third-order valence-corrected chi connectivity index (χ3v) is 8.98. The Kier molecular flexibility index (Phi) is 6.57. The van der Waals surface area contributed by atoms with Gasteiger partial charge in [0.25, 0.3) is 0 Å². The molecule has 3 aromatic rings. The lowest BCUT2D eigenvalue weighted by molar-refractivity contribution is -0.140. The summed E-state index contributed by atoms with van der Waals surface area (Å²) in [5.74, 6) is 1.08. The first kappa shape index (κ1) is 23.7. The van der Waals surface area contributed by atoms with Crippen molar-refractivity contribution < 1.29 is 9.47 Å². The zero-order valence-corrected chi connectivity index (χ0v) is 21.7. The number of aromatic nitrogens is 5. The van der Waals surface area contributed by atoms with Crippen LogP contribution in [0.15, 0.2) is 30.9 Å². The van der Waals surface area contributed by atoms with E-state index in [0.717, 1.165) is 74.0 Å². The first-order chi connectivity index (χ1) is 17.6. The van der Waals surface area contributed by atoms with Crippen LogP contribution in [0.1, 0.15) is 56.9 Å². The summed E-state index contributed by atoms with van der Waals surface area (Å²) in [5, 5.41) is 3.96. The molecule has 1 saturated carbocycles. The summed E-state index contributed by atoms with van der Waals surface area (Å²) >= 11 is 1.51. The maximum Gasteiger partial charge on any atom is 0.317 e. The fourth-order valence-corrected chi connectivity index (χ4v) is 6.22. The minimum absolute atomic E-state index is 0.169. The van der Waals surface area contributed by atoms with Crippen LogP contribution >= 0.6 is 11.3 Å². The van der Waals surface area contributed by atoms with Gasteiger partial charge in [-0.1, -0.05) is 11.3 Å². The summed E-state index contributed by atoms with van der Waals surface area (Å²) in [6, 6.07) is 2.91. The molecule has 2 aliphatic heterocycles. The van der Waals surface area contributed by atoms with Crippen LogP contribution in [0.2, 0.25) is 0 Å². The molecule has 1 aliphatic carbocycles. The van der Waals surface area contributed by atoms with Gasteiger partial charge in [-0.05, 0) is 76.6 Å². The molecule has 36 heavy (non-hydrogen) atoms. The number of piperidine rings is 1. The topological polar surface area (TPSA) is 98.2 Å². The Labute approximate surface area is 215 Å². The van der Waals surface area contributed by atoms with E-state index in [4.69, 9.17) is 9.47 Å². The van der Waals surface area contributed by atoms with Crippen LogP contribution < -0.4 is 10.1 Å². The molecule has 2 atom stereocenters. The third-order valence-electron chi connectivity index (χ3n) is 8.04. The summed E-state index contributed by atoms with van der Waals surface area (Å²) in [6.07, 6.45) is 14.3. The first-order valence-corrected chi connectivity index (χ1v) is 13.7. The molecule has 0 bridgehead atoms. The number of hydrogen-bond acceptors (Lipinski definition) is 10. The van der Waals surface area contributed by atoms with Crippen LogP contribution in [0.5, 0.6) is 6.01 Å². The van der Waals surface area contributed by atoms with E-state index < -0.39 is 0 Å². The molecule has 5 heterocycles. The minimum Gasteiger partial charge on any atom is -0.460 e. The smallest absolute Gasteiger partial charge is 0.317 e. The van der Waals surface area contributed by atoms with Crippen LogP contribution in [-0.4, -0.2) is 68.8 Å². The van der Waals surface area contributed by atoms with Gasteiger partial charge < -0.3 is 19.7 Å². The van der Waals surface area contributed by atoms with Gasteiger partial charge in [0, 0.05) is 36.2 Å². The standard InChI is InChI=1S/C26H33N7O2S/c1-17-11-18(6-10-33(17)2)19-12-28-23(29-13-19)32-25-30-14-22(36-25)21-5-9-27-24(31-21)35-20-3-7-26(8-4-20)15-34-16-26/h5,9,12-14,17-18,20H,3-4,6-8,10-11,15-16H2,1-2H3,(H,28,29,30,32)/t17-,18+/m1/s1. The van der Waals surface area contributed by atoms with E-state index in [2.05, 4.69) is 49.1 Å². The second-order valence-corrected chi connectivity index (χ2v) is 11.6. The van der Waals surface area contributed by atoms with Crippen molar-refractivity contribution in [2.45, 2.75) is 63.5 Å². The van der Waals surface area contributed by atoms with Crippen molar-refractivity contribution in [1.29, 1.82) is 0 Å². The van der Waals surface area contributed by atoms with E-state index in [9.17, 15) is 0 Å². The zero-order valence-electron chi connectivity index (χ0n) is 20.9. The van der Waals surface area contributed by atoms with Gasteiger partial charge >= 0.3 is 6.01 Å². The van der Waals surface area contributed by atoms with E-state index in [1.807, 2.05) is 24.7 Å². The van der Waals surface area contributed by atoms with Gasteiger partial charge in [-0.15, -0.1) is 0 Å². The molecule has 3 fully saturated rings. The van der Waals surface area contributed by atoms with E-state index in [0.29, 0.717) is 29.3 Å². The van der Waals surface area contributed by atoms with Crippen molar-refractivity contribution in [2.24, 2.45) is 5.41 Å². The Bertz CT molecular complexity index is 1170. The van der Waals surface area contributed by atoms with Gasteiger partial charge in [0.1, 0.15) is 6.10 Å². The average Bonchev–Trinajstić information content (AvgIpc) is 3.35. The second-order valence-electron chi connectivity index (χ2n) is 10.6. The van der Waals surface area contributed by atoms with E-state index >= 15 is 0 Å². The highest BCUT2D eigenvalue weighted by Crippen LogP contribution is 2.43. The summed E-state index contributed by atoms with van der Waals surface area (Å²) < 4.78 is 11.6. The number of likely N-dealkylation sites (tertiary alicyclic amines) is 1. The average molecular weight is 508 g/mol. The molecule has 0 unspecified atom stereocenters. The number of rotatable bonds is 6. The summed E-state index contributed by atoms with van der Waals surface area (Å²) in [5.41, 5.74) is 2.42. The fourth-order valence-electron chi connectivity index (χ4n) is 5.44.